The Balaban J connectivity index is 0.949. The van der Waals surface area contributed by atoms with Crippen LogP contribution >= 0.6 is 34.0 Å². The van der Waals surface area contributed by atoms with Crippen molar-refractivity contribution in [3.8, 4) is 45.5 Å². The maximum Gasteiger partial charge on any atom is 0.238 e. The first-order chi connectivity index (χ1) is 35.2. The van der Waals surface area contributed by atoms with E-state index >= 15 is 0 Å². The largest absolute Gasteiger partial charge is 0.309 e. The first kappa shape index (κ1) is 39.3. The number of thiophene rings is 3. The van der Waals surface area contributed by atoms with Crippen LogP contribution in [-0.4, -0.2) is 24.1 Å². The average Bonchev–Trinajstić information content (AvgIpc) is 4.24. The molecule has 0 bridgehead atoms. The molecule has 6 heterocycles. The smallest absolute Gasteiger partial charge is 0.238 e. The van der Waals surface area contributed by atoms with Crippen molar-refractivity contribution in [2.24, 2.45) is 0 Å². The highest BCUT2D eigenvalue weighted by Crippen LogP contribution is 2.44. The van der Waals surface area contributed by atoms with E-state index in [4.69, 9.17) is 15.0 Å². The maximum absolute atomic E-state index is 5.47. The topological polar surface area (TPSA) is 48.5 Å². The average molecular weight is 958 g/mol. The molecule has 71 heavy (non-hydrogen) atoms. The molecule has 0 aliphatic carbocycles. The van der Waals surface area contributed by atoms with Crippen molar-refractivity contribution in [3.05, 3.63) is 212 Å². The molecule has 16 rings (SSSR count). The minimum Gasteiger partial charge on any atom is -0.309 e. The highest BCUT2D eigenvalue weighted by atomic mass is 32.1. The summed E-state index contributed by atoms with van der Waals surface area (Å²) in [6.07, 6.45) is 0. The summed E-state index contributed by atoms with van der Waals surface area (Å²) in [4.78, 5) is 16.3. The zero-order valence-electron chi connectivity index (χ0n) is 37.7. The highest BCUT2D eigenvalue weighted by molar-refractivity contribution is 7.26. The molecule has 0 saturated carbocycles. The van der Waals surface area contributed by atoms with Gasteiger partial charge >= 0.3 is 0 Å². The van der Waals surface area contributed by atoms with Crippen molar-refractivity contribution in [2.75, 3.05) is 0 Å². The van der Waals surface area contributed by atoms with E-state index in [9.17, 15) is 0 Å². The van der Waals surface area contributed by atoms with Gasteiger partial charge in [-0.05, 0) is 108 Å². The van der Waals surface area contributed by atoms with Crippen LogP contribution in [0.3, 0.4) is 0 Å². The van der Waals surface area contributed by atoms with Gasteiger partial charge in [-0.2, -0.15) is 9.97 Å². The van der Waals surface area contributed by atoms with E-state index in [-0.39, 0.29) is 0 Å². The summed E-state index contributed by atoms with van der Waals surface area (Å²) in [7, 11) is 0. The molecule has 0 amide bonds. The number of fused-ring (bicyclic) bond motifs is 16. The van der Waals surface area contributed by atoms with E-state index in [0.29, 0.717) is 17.6 Å². The fourth-order valence-electron chi connectivity index (χ4n) is 11.2. The van der Waals surface area contributed by atoms with Gasteiger partial charge in [-0.15, -0.1) is 34.0 Å². The third-order valence-electron chi connectivity index (χ3n) is 14.4. The molecule has 0 radical (unpaired) electrons. The molecular weight excluding hydrogens is 923 g/mol. The molecule has 0 aliphatic rings. The Labute approximate surface area is 417 Å². The first-order valence-corrected chi connectivity index (χ1v) is 26.2. The molecule has 330 valence electrons. The molecular formula is C63H35N5S3. The lowest BCUT2D eigenvalue weighted by Crippen LogP contribution is -2.06. The number of benzene rings is 10. The molecule has 0 aliphatic heterocycles. The van der Waals surface area contributed by atoms with Gasteiger partial charge in [0.15, 0.2) is 11.6 Å². The van der Waals surface area contributed by atoms with E-state index in [2.05, 4.69) is 221 Å². The number of hydrogen-bond donors (Lipinski definition) is 0. The second-order valence-corrected chi connectivity index (χ2v) is 21.6. The lowest BCUT2D eigenvalue weighted by atomic mass is 10.0. The van der Waals surface area contributed by atoms with Gasteiger partial charge in [0.25, 0.3) is 0 Å². The van der Waals surface area contributed by atoms with Gasteiger partial charge in [-0.25, -0.2) is 4.98 Å². The van der Waals surface area contributed by atoms with Crippen LogP contribution in [0, 0.1) is 0 Å². The van der Waals surface area contributed by atoms with Crippen LogP contribution in [0.5, 0.6) is 0 Å². The third-order valence-corrected chi connectivity index (χ3v) is 17.8. The third kappa shape index (κ3) is 5.87. The Morgan fingerprint density at radius 3 is 1.34 bits per heavy atom. The predicted molar refractivity (Wildman–Crippen MR) is 303 cm³/mol. The standard InChI is InChI=1S/C63H35N5S3/c1-6-19-50-41(14-1)45-27-28-52-59(60(45)67(50)40-13-11-12-36(32-40)37-24-29-56-47(33-37)42-15-3-8-21-53(42)69-56)46-18-2-7-20-51(46)68(52)63-65-61(38-25-30-57-48(34-38)43-16-4-9-22-54(43)70-57)64-62(66-63)39-26-31-58-49(35-39)44-17-5-10-23-55(44)71-58/h1-35H. The van der Waals surface area contributed by atoms with Crippen LogP contribution in [-0.2, 0) is 0 Å². The Kier molecular flexibility index (Phi) is 8.30. The molecule has 0 atom stereocenters. The first-order valence-electron chi connectivity index (χ1n) is 23.7. The second-order valence-electron chi connectivity index (χ2n) is 18.3. The van der Waals surface area contributed by atoms with Gasteiger partial charge in [-0.1, -0.05) is 115 Å². The molecule has 0 fully saturated rings. The van der Waals surface area contributed by atoms with Gasteiger partial charge in [0.1, 0.15) is 0 Å². The van der Waals surface area contributed by atoms with Gasteiger partial charge < -0.3 is 4.57 Å². The Morgan fingerprint density at radius 2 is 0.746 bits per heavy atom. The maximum atomic E-state index is 5.47. The van der Waals surface area contributed by atoms with Crippen LogP contribution in [0.25, 0.3) is 150 Å². The number of aromatic nitrogens is 5. The number of para-hydroxylation sites is 2. The van der Waals surface area contributed by atoms with Crippen molar-refractivity contribution >= 4 is 138 Å². The number of rotatable bonds is 5. The van der Waals surface area contributed by atoms with E-state index in [0.717, 1.165) is 49.7 Å². The molecule has 0 unspecified atom stereocenters. The fraction of sp³-hybridized carbons (Fsp3) is 0. The quantitative estimate of drug-likeness (QED) is 0.173. The lowest BCUT2D eigenvalue weighted by molar-refractivity contribution is 0.954. The van der Waals surface area contributed by atoms with Gasteiger partial charge in [-0.3, -0.25) is 4.57 Å². The molecule has 0 saturated heterocycles. The van der Waals surface area contributed by atoms with Crippen LogP contribution in [0.2, 0.25) is 0 Å². The van der Waals surface area contributed by atoms with Crippen LogP contribution < -0.4 is 0 Å². The number of nitrogens with zero attached hydrogens (tertiary/aromatic N) is 5. The van der Waals surface area contributed by atoms with Gasteiger partial charge in [0.05, 0.1) is 22.1 Å². The van der Waals surface area contributed by atoms with E-state index in [1.54, 1.807) is 0 Å². The molecule has 6 aromatic heterocycles. The van der Waals surface area contributed by atoms with E-state index in [1.165, 1.54) is 82.4 Å². The minimum absolute atomic E-state index is 0.571. The van der Waals surface area contributed by atoms with Gasteiger partial charge in [0, 0.05) is 98.9 Å². The molecule has 8 heteroatoms. The highest BCUT2D eigenvalue weighted by Gasteiger charge is 2.24. The molecule has 10 aromatic carbocycles. The summed E-state index contributed by atoms with van der Waals surface area (Å²) in [6, 6.07) is 77.3. The van der Waals surface area contributed by atoms with Gasteiger partial charge in [0.2, 0.25) is 5.95 Å². The van der Waals surface area contributed by atoms with Crippen molar-refractivity contribution in [1.82, 2.24) is 24.1 Å². The molecule has 0 N–H and O–H groups in total. The van der Waals surface area contributed by atoms with E-state index < -0.39 is 0 Å². The van der Waals surface area contributed by atoms with Crippen molar-refractivity contribution in [3.63, 3.8) is 0 Å². The Hall–Kier alpha value is -8.53. The van der Waals surface area contributed by atoms with Crippen LogP contribution in [0.1, 0.15) is 0 Å². The van der Waals surface area contributed by atoms with Crippen LogP contribution in [0.15, 0.2) is 212 Å². The summed E-state index contributed by atoms with van der Waals surface area (Å²) in [5.41, 5.74) is 9.72. The predicted octanol–water partition coefficient (Wildman–Crippen LogP) is 18.2. The lowest BCUT2D eigenvalue weighted by Gasteiger charge is -2.12. The SMILES string of the molecule is c1cc(-c2ccc3sc4ccccc4c3c2)cc(-n2c3ccccc3c3ccc4c(c5ccccc5n4-c4nc(-c5ccc6sc7ccccc7c6c5)nc(-c5ccc6sc7ccccc7c6c5)n4)c32)c1. The Morgan fingerprint density at radius 1 is 0.282 bits per heavy atom. The fourth-order valence-corrected chi connectivity index (χ4v) is 14.4. The summed E-state index contributed by atoms with van der Waals surface area (Å²) in [6.45, 7) is 0. The summed E-state index contributed by atoms with van der Waals surface area (Å²) in [5.74, 6) is 1.83. The summed E-state index contributed by atoms with van der Waals surface area (Å²) >= 11 is 5.49. The Bertz CT molecular complexity index is 4780. The van der Waals surface area contributed by atoms with E-state index in [1.807, 2.05) is 34.0 Å². The number of hydrogen-bond acceptors (Lipinski definition) is 6. The van der Waals surface area contributed by atoms with Crippen molar-refractivity contribution in [1.29, 1.82) is 0 Å². The summed E-state index contributed by atoms with van der Waals surface area (Å²) < 4.78 is 12.4. The normalized spacial score (nSPS) is 12.2. The molecule has 0 spiro atoms. The summed E-state index contributed by atoms with van der Waals surface area (Å²) in [5, 5.41) is 12.2. The molecule has 16 aromatic rings. The van der Waals surface area contributed by atoms with Crippen LogP contribution in [0.4, 0.5) is 0 Å². The monoisotopic (exact) mass is 957 g/mol. The minimum atomic E-state index is 0.571. The zero-order valence-corrected chi connectivity index (χ0v) is 40.1. The van der Waals surface area contributed by atoms with Crippen molar-refractivity contribution < 1.29 is 0 Å². The zero-order chi connectivity index (χ0) is 46.3. The molecule has 5 nitrogen and oxygen atoms in total. The second kappa shape index (κ2) is 15.0. The van der Waals surface area contributed by atoms with Crippen molar-refractivity contribution in [2.45, 2.75) is 0 Å².